The minimum Gasteiger partial charge on any atom is -0.457 e. The molecular weight excluding hydrogens is 573 g/mol. The van der Waals surface area contributed by atoms with Gasteiger partial charge in [0.15, 0.2) is 5.79 Å². The smallest absolute Gasteiger partial charge is 0.251 e. The van der Waals surface area contributed by atoms with E-state index in [2.05, 4.69) is 20.6 Å². The fourth-order valence-electron chi connectivity index (χ4n) is 5.39. The summed E-state index contributed by atoms with van der Waals surface area (Å²) in [5, 5.41) is 16.3. The molecule has 4 N–H and O–H groups in total. The summed E-state index contributed by atoms with van der Waals surface area (Å²) < 4.78 is 30.4. The number of aliphatic hydroxyl groups excluding tert-OH is 1. The Kier molecular flexibility index (Phi) is 8.24. The van der Waals surface area contributed by atoms with Crippen molar-refractivity contribution < 1.29 is 38.1 Å². The quantitative estimate of drug-likeness (QED) is 0.227. The van der Waals surface area contributed by atoms with Crippen molar-refractivity contribution in [3.8, 4) is 11.5 Å². The number of aromatic amines is 1. The first-order valence-electron chi connectivity index (χ1n) is 14.1. The number of aromatic nitrogens is 2. The lowest BCUT2D eigenvalue weighted by Gasteiger charge is -2.25. The molecule has 0 bridgehead atoms. The molecule has 228 valence electrons. The number of halogens is 1. The molecule has 4 aromatic rings. The number of ether oxygens (including phenoxy) is 3. The number of carbonyl (C=O) groups is 3. The maximum absolute atomic E-state index is 13.5. The molecule has 6 rings (SSSR count). The largest absolute Gasteiger partial charge is 0.457 e. The molecule has 0 radical (unpaired) electrons. The van der Waals surface area contributed by atoms with Crippen molar-refractivity contribution >= 4 is 28.6 Å². The van der Waals surface area contributed by atoms with E-state index >= 15 is 0 Å². The third-order valence-electron chi connectivity index (χ3n) is 7.61. The first-order valence-corrected chi connectivity index (χ1v) is 14.1. The zero-order valence-electron chi connectivity index (χ0n) is 23.5. The van der Waals surface area contributed by atoms with Crippen LogP contribution in [-0.4, -0.2) is 82.4 Å². The van der Waals surface area contributed by atoms with Crippen molar-refractivity contribution in [1.82, 2.24) is 25.5 Å². The van der Waals surface area contributed by atoms with Crippen molar-refractivity contribution in [2.24, 2.45) is 0 Å². The number of benzene rings is 2. The van der Waals surface area contributed by atoms with Gasteiger partial charge in [0.25, 0.3) is 5.91 Å². The Balaban J connectivity index is 1.10. The molecule has 2 fully saturated rings. The van der Waals surface area contributed by atoms with Crippen molar-refractivity contribution in [2.45, 2.75) is 24.3 Å². The second-order valence-electron chi connectivity index (χ2n) is 10.5. The van der Waals surface area contributed by atoms with E-state index in [1.807, 2.05) is 0 Å². The van der Waals surface area contributed by atoms with Crippen LogP contribution in [0.25, 0.3) is 10.9 Å². The van der Waals surface area contributed by atoms with Gasteiger partial charge < -0.3 is 39.8 Å². The minimum atomic E-state index is -1.12. The number of pyridine rings is 1. The molecule has 2 aliphatic heterocycles. The zero-order chi connectivity index (χ0) is 30.7. The average molecular weight is 604 g/mol. The maximum atomic E-state index is 13.5. The van der Waals surface area contributed by atoms with Gasteiger partial charge in [0.1, 0.15) is 23.4 Å². The van der Waals surface area contributed by atoms with Crippen molar-refractivity contribution in [2.75, 3.05) is 32.9 Å². The lowest BCUT2D eigenvalue weighted by molar-refractivity contribution is -0.152. The maximum Gasteiger partial charge on any atom is 0.251 e. The molecule has 44 heavy (non-hydrogen) atoms. The van der Waals surface area contributed by atoms with E-state index < -0.39 is 35.6 Å². The molecule has 3 amide bonds. The first-order chi connectivity index (χ1) is 21.3. The highest BCUT2D eigenvalue weighted by Gasteiger charge is 2.52. The highest BCUT2D eigenvalue weighted by molar-refractivity contribution is 5.97. The van der Waals surface area contributed by atoms with Crippen LogP contribution in [0.5, 0.6) is 11.5 Å². The Labute approximate surface area is 251 Å². The minimum absolute atomic E-state index is 0.0110. The molecule has 1 spiro atoms. The summed E-state index contributed by atoms with van der Waals surface area (Å²) in [4.78, 5) is 48.3. The van der Waals surface area contributed by atoms with Gasteiger partial charge in [-0.2, -0.15) is 0 Å². The van der Waals surface area contributed by atoms with Gasteiger partial charge in [-0.1, -0.05) is 0 Å². The van der Waals surface area contributed by atoms with Crippen LogP contribution in [0, 0.1) is 5.82 Å². The highest BCUT2D eigenvalue weighted by atomic mass is 19.1. The molecule has 4 heterocycles. The molecule has 2 saturated heterocycles. The van der Waals surface area contributed by atoms with Crippen molar-refractivity contribution in [3.05, 3.63) is 90.1 Å². The molecule has 13 heteroatoms. The third kappa shape index (κ3) is 6.25. The second-order valence-corrected chi connectivity index (χ2v) is 10.5. The van der Waals surface area contributed by atoms with Gasteiger partial charge in [-0.3, -0.25) is 19.4 Å². The summed E-state index contributed by atoms with van der Waals surface area (Å²) in [7, 11) is 0. The summed E-state index contributed by atoms with van der Waals surface area (Å²) in [6, 6.07) is 13.6. The van der Waals surface area contributed by atoms with E-state index in [-0.39, 0.29) is 31.9 Å². The van der Waals surface area contributed by atoms with Crippen LogP contribution >= 0.6 is 0 Å². The summed E-state index contributed by atoms with van der Waals surface area (Å²) in [5.74, 6) is -2.10. The Morgan fingerprint density at radius 2 is 1.80 bits per heavy atom. The zero-order valence-corrected chi connectivity index (χ0v) is 23.5. The monoisotopic (exact) mass is 603 g/mol. The number of rotatable bonds is 9. The van der Waals surface area contributed by atoms with Gasteiger partial charge in [0, 0.05) is 41.0 Å². The van der Waals surface area contributed by atoms with E-state index in [1.54, 1.807) is 36.7 Å². The van der Waals surface area contributed by atoms with Crippen LogP contribution < -0.4 is 15.4 Å². The fraction of sp³-hybridized carbons (Fsp3) is 0.290. The van der Waals surface area contributed by atoms with Crippen LogP contribution in [0.3, 0.4) is 0 Å². The van der Waals surface area contributed by atoms with E-state index in [4.69, 9.17) is 14.2 Å². The predicted octanol–water partition coefficient (Wildman–Crippen LogP) is 2.42. The SMILES string of the molecule is O=C(NCC(=O)N1CC2(C[C@H]1C(=O)N[C@H](CO)c1cc3cnccc3[nH]1)OCCO2)c1ccc(Oc2ccc(F)cc2)cc1. The van der Waals surface area contributed by atoms with Gasteiger partial charge in [-0.25, -0.2) is 4.39 Å². The molecule has 2 atom stereocenters. The highest BCUT2D eigenvalue weighted by Crippen LogP contribution is 2.35. The third-order valence-corrected chi connectivity index (χ3v) is 7.61. The fourth-order valence-corrected chi connectivity index (χ4v) is 5.39. The van der Waals surface area contributed by atoms with E-state index in [1.165, 1.54) is 41.3 Å². The first kappa shape index (κ1) is 29.2. The number of hydrogen-bond acceptors (Lipinski definition) is 8. The molecule has 0 saturated carbocycles. The van der Waals surface area contributed by atoms with Crippen LogP contribution in [0.1, 0.15) is 28.5 Å². The Morgan fingerprint density at radius 1 is 1.09 bits per heavy atom. The number of aliphatic hydroxyl groups is 1. The van der Waals surface area contributed by atoms with Crippen LogP contribution in [0.2, 0.25) is 0 Å². The number of hydrogen-bond donors (Lipinski definition) is 4. The standard InChI is InChI=1S/C31H30FN5O7/c32-21-3-7-23(8-4-21)44-22-5-1-19(2-6-22)29(40)34-16-28(39)37-18-31(42-11-12-43-31)14-27(37)30(41)36-26(17-38)25-13-20-15-33-10-9-24(20)35-25/h1-10,13,15,26-27,35,38H,11-12,14,16-18H2,(H,34,40)(H,36,41)/t26-,27+/m1/s1. The number of amides is 3. The Morgan fingerprint density at radius 3 is 2.48 bits per heavy atom. The lowest BCUT2D eigenvalue weighted by Crippen LogP contribution is -2.50. The van der Waals surface area contributed by atoms with Crippen LogP contribution in [0.4, 0.5) is 4.39 Å². The second kappa shape index (κ2) is 12.4. The molecule has 2 aromatic heterocycles. The summed E-state index contributed by atoms with van der Waals surface area (Å²) in [6.45, 7) is -0.0801. The Bertz CT molecular complexity index is 1620. The van der Waals surface area contributed by atoms with Gasteiger partial charge in [0.05, 0.1) is 39.0 Å². The normalized spacial score (nSPS) is 18.0. The predicted molar refractivity (Wildman–Crippen MR) is 154 cm³/mol. The Hall–Kier alpha value is -4.85. The number of likely N-dealkylation sites (tertiary alicyclic amines) is 1. The van der Waals surface area contributed by atoms with Crippen molar-refractivity contribution in [1.29, 1.82) is 0 Å². The van der Waals surface area contributed by atoms with E-state index in [9.17, 15) is 23.9 Å². The topological polar surface area (TPSA) is 155 Å². The number of H-pyrrole nitrogens is 1. The molecule has 0 aliphatic carbocycles. The molecule has 0 unspecified atom stereocenters. The molecule has 2 aliphatic rings. The van der Waals surface area contributed by atoms with Gasteiger partial charge in [-0.15, -0.1) is 0 Å². The number of nitrogens with one attached hydrogen (secondary N) is 3. The molecular formula is C31H30FN5O7. The van der Waals surface area contributed by atoms with Gasteiger partial charge >= 0.3 is 0 Å². The van der Waals surface area contributed by atoms with E-state index in [0.29, 0.717) is 36.0 Å². The number of carbonyl (C=O) groups excluding carboxylic acids is 3. The van der Waals surface area contributed by atoms with Gasteiger partial charge in [-0.05, 0) is 60.7 Å². The number of fused-ring (bicyclic) bond motifs is 1. The summed E-state index contributed by atoms with van der Waals surface area (Å²) >= 11 is 0. The van der Waals surface area contributed by atoms with Crippen LogP contribution in [-0.2, 0) is 19.1 Å². The molecule has 2 aromatic carbocycles. The van der Waals surface area contributed by atoms with Gasteiger partial charge in [0.2, 0.25) is 11.8 Å². The number of nitrogens with zero attached hydrogens (tertiary/aromatic N) is 2. The lowest BCUT2D eigenvalue weighted by atomic mass is 10.1. The average Bonchev–Trinajstić information content (AvgIpc) is 3.78. The summed E-state index contributed by atoms with van der Waals surface area (Å²) in [5.41, 5.74) is 1.68. The van der Waals surface area contributed by atoms with E-state index in [0.717, 1.165) is 10.9 Å². The van der Waals surface area contributed by atoms with Crippen LogP contribution in [0.15, 0.2) is 73.1 Å². The molecule has 12 nitrogen and oxygen atoms in total. The van der Waals surface area contributed by atoms with Crippen molar-refractivity contribution in [3.63, 3.8) is 0 Å². The summed E-state index contributed by atoms with van der Waals surface area (Å²) in [6.07, 6.45) is 3.41.